The van der Waals surface area contributed by atoms with Crippen molar-refractivity contribution in [3.05, 3.63) is 35.6 Å². The standard InChI is InChI=1S/C12H16FNO/c13-11-3-1-2-10(8-11)9-14(6-7-15)12-4-5-12/h1-3,8,12,15H,4-7,9H2. The van der Waals surface area contributed by atoms with Crippen LogP contribution in [0.25, 0.3) is 0 Å². The highest BCUT2D eigenvalue weighted by Gasteiger charge is 2.28. The molecule has 2 rings (SSSR count). The number of aliphatic hydroxyl groups is 1. The lowest BCUT2D eigenvalue weighted by Crippen LogP contribution is -2.28. The van der Waals surface area contributed by atoms with Crippen molar-refractivity contribution in [3.8, 4) is 0 Å². The van der Waals surface area contributed by atoms with Crippen molar-refractivity contribution in [2.24, 2.45) is 0 Å². The average Bonchev–Trinajstić information content (AvgIpc) is 3.00. The van der Waals surface area contributed by atoms with Crippen molar-refractivity contribution in [2.75, 3.05) is 13.2 Å². The van der Waals surface area contributed by atoms with Crippen LogP contribution in [0.2, 0.25) is 0 Å². The van der Waals surface area contributed by atoms with Gasteiger partial charge in [0.25, 0.3) is 0 Å². The predicted octanol–water partition coefficient (Wildman–Crippen LogP) is 1.78. The van der Waals surface area contributed by atoms with E-state index < -0.39 is 0 Å². The second-order valence-electron chi connectivity index (χ2n) is 4.06. The first kappa shape index (κ1) is 10.6. The molecular formula is C12H16FNO. The van der Waals surface area contributed by atoms with Crippen molar-refractivity contribution >= 4 is 0 Å². The number of halogens is 1. The second-order valence-corrected chi connectivity index (χ2v) is 4.06. The molecule has 1 aromatic carbocycles. The SMILES string of the molecule is OCCN(Cc1cccc(F)c1)C1CC1. The van der Waals surface area contributed by atoms with E-state index in [9.17, 15) is 4.39 Å². The van der Waals surface area contributed by atoms with E-state index in [1.807, 2.05) is 6.07 Å². The summed E-state index contributed by atoms with van der Waals surface area (Å²) in [4.78, 5) is 2.22. The molecular weight excluding hydrogens is 193 g/mol. The molecule has 1 aliphatic rings. The van der Waals surface area contributed by atoms with Crippen molar-refractivity contribution in [1.82, 2.24) is 4.90 Å². The Kier molecular flexibility index (Phi) is 3.34. The Balaban J connectivity index is 1.98. The summed E-state index contributed by atoms with van der Waals surface area (Å²) in [5, 5.41) is 8.93. The van der Waals surface area contributed by atoms with E-state index in [2.05, 4.69) is 4.90 Å². The fourth-order valence-electron chi connectivity index (χ4n) is 1.83. The first-order chi connectivity index (χ1) is 7.29. The molecule has 0 atom stereocenters. The molecule has 1 aliphatic carbocycles. The maximum Gasteiger partial charge on any atom is 0.123 e. The van der Waals surface area contributed by atoms with E-state index in [1.165, 1.54) is 18.9 Å². The van der Waals surface area contributed by atoms with Crippen molar-refractivity contribution < 1.29 is 9.50 Å². The Morgan fingerprint density at radius 1 is 1.40 bits per heavy atom. The third-order valence-corrected chi connectivity index (χ3v) is 2.73. The van der Waals surface area contributed by atoms with Gasteiger partial charge in [-0.05, 0) is 30.5 Å². The van der Waals surface area contributed by atoms with E-state index >= 15 is 0 Å². The molecule has 1 aromatic rings. The highest BCUT2D eigenvalue weighted by Crippen LogP contribution is 2.27. The molecule has 15 heavy (non-hydrogen) atoms. The Hall–Kier alpha value is -0.930. The van der Waals surface area contributed by atoms with Crippen LogP contribution < -0.4 is 0 Å². The number of rotatable bonds is 5. The number of hydrogen-bond acceptors (Lipinski definition) is 2. The summed E-state index contributed by atoms with van der Waals surface area (Å²) in [5.74, 6) is -0.188. The monoisotopic (exact) mass is 209 g/mol. The zero-order valence-electron chi connectivity index (χ0n) is 8.69. The summed E-state index contributed by atoms with van der Waals surface area (Å²) in [5.41, 5.74) is 0.982. The van der Waals surface area contributed by atoms with Crippen LogP contribution in [0, 0.1) is 5.82 Å². The lowest BCUT2D eigenvalue weighted by molar-refractivity contribution is 0.183. The zero-order valence-corrected chi connectivity index (χ0v) is 8.69. The van der Waals surface area contributed by atoms with Crippen LogP contribution in [0.5, 0.6) is 0 Å². The molecule has 1 N–H and O–H groups in total. The van der Waals surface area contributed by atoms with Crippen LogP contribution >= 0.6 is 0 Å². The summed E-state index contributed by atoms with van der Waals surface area (Å²) < 4.78 is 13.0. The van der Waals surface area contributed by atoms with Gasteiger partial charge in [-0.25, -0.2) is 4.39 Å². The predicted molar refractivity (Wildman–Crippen MR) is 56.9 cm³/mol. The van der Waals surface area contributed by atoms with Gasteiger partial charge in [-0.1, -0.05) is 12.1 Å². The van der Waals surface area contributed by atoms with E-state index in [-0.39, 0.29) is 12.4 Å². The minimum atomic E-state index is -0.188. The van der Waals surface area contributed by atoms with Gasteiger partial charge in [0.05, 0.1) is 6.61 Å². The molecule has 0 aliphatic heterocycles. The third kappa shape index (κ3) is 3.01. The van der Waals surface area contributed by atoms with Crippen LogP contribution in [0.4, 0.5) is 4.39 Å². The van der Waals surface area contributed by atoms with Gasteiger partial charge in [-0.2, -0.15) is 0 Å². The summed E-state index contributed by atoms with van der Waals surface area (Å²) >= 11 is 0. The van der Waals surface area contributed by atoms with E-state index in [4.69, 9.17) is 5.11 Å². The molecule has 0 bridgehead atoms. The van der Waals surface area contributed by atoms with Gasteiger partial charge >= 0.3 is 0 Å². The number of benzene rings is 1. The van der Waals surface area contributed by atoms with Crippen LogP contribution in [0.15, 0.2) is 24.3 Å². The molecule has 0 saturated heterocycles. The summed E-state index contributed by atoms with van der Waals surface area (Å²) in [6.07, 6.45) is 2.41. The van der Waals surface area contributed by atoms with E-state index in [0.29, 0.717) is 12.6 Å². The molecule has 82 valence electrons. The van der Waals surface area contributed by atoms with Crippen LogP contribution in [-0.4, -0.2) is 29.2 Å². The molecule has 1 saturated carbocycles. The highest BCUT2D eigenvalue weighted by atomic mass is 19.1. The lowest BCUT2D eigenvalue weighted by Gasteiger charge is -2.20. The maximum absolute atomic E-state index is 13.0. The minimum Gasteiger partial charge on any atom is -0.395 e. The first-order valence-corrected chi connectivity index (χ1v) is 5.39. The quantitative estimate of drug-likeness (QED) is 0.799. The summed E-state index contributed by atoms with van der Waals surface area (Å²) in [6, 6.07) is 7.27. The van der Waals surface area contributed by atoms with Crippen LogP contribution in [-0.2, 0) is 6.54 Å². The molecule has 0 radical (unpaired) electrons. The fourth-order valence-corrected chi connectivity index (χ4v) is 1.83. The maximum atomic E-state index is 13.0. The molecule has 0 unspecified atom stereocenters. The smallest absolute Gasteiger partial charge is 0.123 e. The summed E-state index contributed by atoms with van der Waals surface area (Å²) in [6.45, 7) is 1.59. The Morgan fingerprint density at radius 3 is 2.80 bits per heavy atom. The van der Waals surface area contributed by atoms with Gasteiger partial charge in [0, 0.05) is 19.1 Å². The van der Waals surface area contributed by atoms with E-state index in [1.54, 1.807) is 12.1 Å². The van der Waals surface area contributed by atoms with Gasteiger partial charge in [0.1, 0.15) is 5.82 Å². The van der Waals surface area contributed by atoms with Gasteiger partial charge in [0.2, 0.25) is 0 Å². The van der Waals surface area contributed by atoms with Crippen molar-refractivity contribution in [1.29, 1.82) is 0 Å². The molecule has 0 spiro atoms. The van der Waals surface area contributed by atoms with Crippen LogP contribution in [0.3, 0.4) is 0 Å². The minimum absolute atomic E-state index is 0.172. The zero-order chi connectivity index (χ0) is 10.7. The Morgan fingerprint density at radius 2 is 2.20 bits per heavy atom. The topological polar surface area (TPSA) is 23.5 Å². The van der Waals surface area contributed by atoms with Gasteiger partial charge in [0.15, 0.2) is 0 Å². The second kappa shape index (κ2) is 4.73. The normalized spacial score (nSPS) is 15.9. The molecule has 0 amide bonds. The Bertz CT molecular complexity index is 325. The molecule has 1 fully saturated rings. The number of hydrogen-bond donors (Lipinski definition) is 1. The average molecular weight is 209 g/mol. The molecule has 0 aromatic heterocycles. The Labute approximate surface area is 89.3 Å². The fraction of sp³-hybridized carbons (Fsp3) is 0.500. The van der Waals surface area contributed by atoms with Crippen molar-refractivity contribution in [3.63, 3.8) is 0 Å². The van der Waals surface area contributed by atoms with Gasteiger partial charge in [-0.3, -0.25) is 4.90 Å². The third-order valence-electron chi connectivity index (χ3n) is 2.73. The molecule has 0 heterocycles. The molecule has 3 heteroatoms. The van der Waals surface area contributed by atoms with Crippen LogP contribution in [0.1, 0.15) is 18.4 Å². The lowest BCUT2D eigenvalue weighted by atomic mass is 10.2. The molecule has 2 nitrogen and oxygen atoms in total. The van der Waals surface area contributed by atoms with E-state index in [0.717, 1.165) is 12.1 Å². The number of aliphatic hydroxyl groups excluding tert-OH is 1. The summed E-state index contributed by atoms with van der Waals surface area (Å²) in [7, 11) is 0. The van der Waals surface area contributed by atoms with Gasteiger partial charge in [-0.15, -0.1) is 0 Å². The first-order valence-electron chi connectivity index (χ1n) is 5.39. The van der Waals surface area contributed by atoms with Gasteiger partial charge < -0.3 is 5.11 Å². The van der Waals surface area contributed by atoms with Crippen molar-refractivity contribution in [2.45, 2.75) is 25.4 Å². The highest BCUT2D eigenvalue weighted by molar-refractivity contribution is 5.16. The largest absolute Gasteiger partial charge is 0.395 e. The number of nitrogens with zero attached hydrogens (tertiary/aromatic N) is 1.